The van der Waals surface area contributed by atoms with E-state index in [1.807, 2.05) is 0 Å². The zero-order chi connectivity index (χ0) is 13.8. The van der Waals surface area contributed by atoms with Gasteiger partial charge in [0.25, 0.3) is 5.91 Å². The van der Waals surface area contributed by atoms with E-state index < -0.39 is 11.7 Å². The fourth-order valence-electron chi connectivity index (χ4n) is 1.63. The van der Waals surface area contributed by atoms with E-state index in [1.165, 1.54) is 18.2 Å². The van der Waals surface area contributed by atoms with Gasteiger partial charge in [0.15, 0.2) is 0 Å². The number of para-hydroxylation sites is 1. The van der Waals surface area contributed by atoms with Crippen LogP contribution in [0.3, 0.4) is 0 Å². The Morgan fingerprint density at radius 1 is 1.53 bits per heavy atom. The quantitative estimate of drug-likeness (QED) is 0.572. The molecule has 7 heteroatoms. The number of hydrazine groups is 1. The Kier molecular flexibility index (Phi) is 3.76. The second kappa shape index (κ2) is 5.49. The zero-order valence-corrected chi connectivity index (χ0v) is 10.2. The van der Waals surface area contributed by atoms with Crippen LogP contribution in [-0.2, 0) is 6.54 Å². The Labute approximate surface area is 108 Å². The maximum atomic E-state index is 13.4. The van der Waals surface area contributed by atoms with Crippen molar-refractivity contribution in [3.63, 3.8) is 0 Å². The first-order chi connectivity index (χ1) is 9.11. The molecule has 0 aliphatic rings. The minimum atomic E-state index is -0.590. The number of hydrogen-bond acceptors (Lipinski definition) is 5. The molecule has 0 saturated heterocycles. The highest BCUT2D eigenvalue weighted by Gasteiger charge is 2.14. The molecule has 1 heterocycles. The molecule has 0 aliphatic carbocycles. The van der Waals surface area contributed by atoms with Gasteiger partial charge in [-0.2, -0.15) is 0 Å². The molecule has 0 fully saturated rings. The minimum absolute atomic E-state index is 0.0451. The van der Waals surface area contributed by atoms with Crippen molar-refractivity contribution >= 4 is 11.6 Å². The molecule has 1 amide bonds. The number of rotatable bonds is 4. The lowest BCUT2D eigenvalue weighted by atomic mass is 10.1. The second-order valence-corrected chi connectivity index (χ2v) is 3.92. The molecule has 0 aliphatic heterocycles. The number of benzene rings is 1. The van der Waals surface area contributed by atoms with Gasteiger partial charge < -0.3 is 15.3 Å². The maximum absolute atomic E-state index is 13.4. The number of nitrogens with two attached hydrogens (primary N) is 1. The van der Waals surface area contributed by atoms with Crippen LogP contribution < -0.4 is 16.6 Å². The van der Waals surface area contributed by atoms with E-state index in [-0.39, 0.29) is 17.8 Å². The van der Waals surface area contributed by atoms with Crippen LogP contribution in [0.15, 0.2) is 28.8 Å². The molecular weight excluding hydrogens is 251 g/mol. The number of aromatic nitrogens is 1. The molecule has 0 atom stereocenters. The highest BCUT2D eigenvalue weighted by molar-refractivity contribution is 5.99. The van der Waals surface area contributed by atoms with Crippen molar-refractivity contribution in [1.29, 1.82) is 0 Å². The van der Waals surface area contributed by atoms with Gasteiger partial charge >= 0.3 is 0 Å². The molecule has 100 valence electrons. The van der Waals surface area contributed by atoms with Crippen LogP contribution in [-0.4, -0.2) is 11.1 Å². The van der Waals surface area contributed by atoms with Gasteiger partial charge in [-0.25, -0.2) is 4.39 Å². The van der Waals surface area contributed by atoms with Gasteiger partial charge in [-0.1, -0.05) is 11.2 Å². The normalized spacial score (nSPS) is 10.3. The van der Waals surface area contributed by atoms with Crippen LogP contribution in [0.25, 0.3) is 0 Å². The van der Waals surface area contributed by atoms with Gasteiger partial charge in [0.1, 0.15) is 17.3 Å². The summed E-state index contributed by atoms with van der Waals surface area (Å²) >= 11 is 0. The van der Waals surface area contributed by atoms with Crippen molar-refractivity contribution in [3.05, 3.63) is 47.1 Å². The first-order valence-electron chi connectivity index (χ1n) is 5.57. The summed E-state index contributed by atoms with van der Waals surface area (Å²) in [6.07, 6.45) is 0. The average molecular weight is 264 g/mol. The van der Waals surface area contributed by atoms with E-state index in [1.54, 1.807) is 13.0 Å². The standard InChI is InChI=1S/C12H13FN4O2/c1-7-5-8(17-19-7)6-15-12(18)9-3-2-4-10(13)11(9)16-14/h2-5,16H,6,14H2,1H3,(H,15,18). The van der Waals surface area contributed by atoms with Crippen molar-refractivity contribution in [3.8, 4) is 0 Å². The third-order valence-corrected chi connectivity index (χ3v) is 2.51. The van der Waals surface area contributed by atoms with E-state index in [2.05, 4.69) is 15.9 Å². The number of carbonyl (C=O) groups is 1. The fourth-order valence-corrected chi connectivity index (χ4v) is 1.63. The van der Waals surface area contributed by atoms with Crippen molar-refractivity contribution in [2.24, 2.45) is 5.84 Å². The summed E-state index contributed by atoms with van der Waals surface area (Å²) in [7, 11) is 0. The number of nitrogens with zero attached hydrogens (tertiary/aromatic N) is 1. The molecule has 6 nitrogen and oxygen atoms in total. The van der Waals surface area contributed by atoms with Gasteiger partial charge in [0, 0.05) is 6.07 Å². The number of anilines is 1. The molecule has 0 radical (unpaired) electrons. The SMILES string of the molecule is Cc1cc(CNC(=O)c2cccc(F)c2NN)no1. The van der Waals surface area contributed by atoms with E-state index in [4.69, 9.17) is 10.4 Å². The van der Waals surface area contributed by atoms with Crippen molar-refractivity contribution in [1.82, 2.24) is 10.5 Å². The molecular formula is C12H13FN4O2. The van der Waals surface area contributed by atoms with Crippen LogP contribution in [0.5, 0.6) is 0 Å². The van der Waals surface area contributed by atoms with Gasteiger partial charge in [-0.3, -0.25) is 10.6 Å². The van der Waals surface area contributed by atoms with Gasteiger partial charge in [-0.15, -0.1) is 0 Å². The second-order valence-electron chi connectivity index (χ2n) is 3.92. The lowest BCUT2D eigenvalue weighted by Gasteiger charge is -2.09. The van der Waals surface area contributed by atoms with Crippen LogP contribution in [0, 0.1) is 12.7 Å². The van der Waals surface area contributed by atoms with Crippen molar-refractivity contribution in [2.75, 3.05) is 5.43 Å². The highest BCUT2D eigenvalue weighted by atomic mass is 19.1. The summed E-state index contributed by atoms with van der Waals surface area (Å²) in [5, 5.41) is 6.34. The summed E-state index contributed by atoms with van der Waals surface area (Å²) in [5.74, 6) is 4.81. The number of hydrogen-bond donors (Lipinski definition) is 3. The topological polar surface area (TPSA) is 93.2 Å². The third-order valence-electron chi connectivity index (χ3n) is 2.51. The molecule has 0 unspecified atom stereocenters. The predicted molar refractivity (Wildman–Crippen MR) is 66.6 cm³/mol. The molecule has 4 N–H and O–H groups in total. The largest absolute Gasteiger partial charge is 0.361 e. The Balaban J connectivity index is 2.10. The van der Waals surface area contributed by atoms with E-state index in [0.29, 0.717) is 11.5 Å². The number of nitrogen functional groups attached to an aromatic ring is 1. The summed E-state index contributed by atoms with van der Waals surface area (Å²) in [5.41, 5.74) is 2.85. The predicted octanol–water partition coefficient (Wildman–Crippen LogP) is 1.34. The Bertz CT molecular complexity index is 597. The smallest absolute Gasteiger partial charge is 0.253 e. The van der Waals surface area contributed by atoms with Crippen LogP contribution in [0.2, 0.25) is 0 Å². The molecule has 0 saturated carbocycles. The van der Waals surface area contributed by atoms with Crippen molar-refractivity contribution < 1.29 is 13.7 Å². The number of nitrogens with one attached hydrogen (secondary N) is 2. The minimum Gasteiger partial charge on any atom is -0.361 e. The lowest BCUT2D eigenvalue weighted by Crippen LogP contribution is -2.25. The number of carbonyl (C=O) groups excluding carboxylic acids is 1. The monoisotopic (exact) mass is 264 g/mol. The fraction of sp³-hybridized carbons (Fsp3) is 0.167. The first kappa shape index (κ1) is 13.0. The van der Waals surface area contributed by atoms with E-state index in [0.717, 1.165) is 0 Å². The summed E-state index contributed by atoms with van der Waals surface area (Å²) in [6, 6.07) is 5.83. The Hall–Kier alpha value is -2.41. The first-order valence-corrected chi connectivity index (χ1v) is 5.57. The highest BCUT2D eigenvalue weighted by Crippen LogP contribution is 2.18. The Morgan fingerprint density at radius 3 is 2.95 bits per heavy atom. The molecule has 2 rings (SSSR count). The molecule has 19 heavy (non-hydrogen) atoms. The van der Waals surface area contributed by atoms with E-state index >= 15 is 0 Å². The maximum Gasteiger partial charge on any atom is 0.253 e. The molecule has 2 aromatic rings. The average Bonchev–Trinajstić information content (AvgIpc) is 2.81. The molecule has 1 aromatic heterocycles. The van der Waals surface area contributed by atoms with E-state index in [9.17, 15) is 9.18 Å². The summed E-state index contributed by atoms with van der Waals surface area (Å²) < 4.78 is 18.3. The van der Waals surface area contributed by atoms with Crippen molar-refractivity contribution in [2.45, 2.75) is 13.5 Å². The Morgan fingerprint density at radius 2 is 2.32 bits per heavy atom. The number of aryl methyl sites for hydroxylation is 1. The molecule has 0 spiro atoms. The van der Waals surface area contributed by atoms with Crippen LogP contribution in [0.4, 0.5) is 10.1 Å². The van der Waals surface area contributed by atoms with Gasteiger partial charge in [0.05, 0.1) is 17.8 Å². The molecule has 0 bridgehead atoms. The molecule has 1 aromatic carbocycles. The van der Waals surface area contributed by atoms with Gasteiger partial charge in [-0.05, 0) is 19.1 Å². The zero-order valence-electron chi connectivity index (χ0n) is 10.2. The van der Waals surface area contributed by atoms with Crippen LogP contribution in [0.1, 0.15) is 21.8 Å². The summed E-state index contributed by atoms with van der Waals surface area (Å²) in [4.78, 5) is 11.9. The third kappa shape index (κ3) is 2.89. The van der Waals surface area contributed by atoms with Gasteiger partial charge in [0.2, 0.25) is 0 Å². The number of halogens is 1. The number of amides is 1. The van der Waals surface area contributed by atoms with Crippen LogP contribution >= 0.6 is 0 Å². The summed E-state index contributed by atoms with van der Waals surface area (Å²) in [6.45, 7) is 1.94. The lowest BCUT2D eigenvalue weighted by molar-refractivity contribution is 0.0950.